The summed E-state index contributed by atoms with van der Waals surface area (Å²) < 4.78 is 2.42. The van der Waals surface area contributed by atoms with Crippen LogP contribution < -0.4 is 4.90 Å². The maximum atomic E-state index is 4.97. The smallest absolute Gasteiger partial charge is 0.0972 e. The maximum absolute atomic E-state index is 4.97. The minimum absolute atomic E-state index is 0.237. The summed E-state index contributed by atoms with van der Waals surface area (Å²) >= 11 is 0. The maximum Gasteiger partial charge on any atom is 0.0972 e. The first-order chi connectivity index (χ1) is 26.1. The number of aromatic nitrogens is 3. The molecule has 1 aliphatic heterocycles. The first kappa shape index (κ1) is 29.9. The lowest BCUT2D eigenvalue weighted by Gasteiger charge is -2.42. The summed E-state index contributed by atoms with van der Waals surface area (Å²) in [4.78, 5) is 12.3. The van der Waals surface area contributed by atoms with Crippen molar-refractivity contribution in [3.63, 3.8) is 0 Å². The minimum Gasteiger partial charge on any atom is -0.310 e. The summed E-state index contributed by atoms with van der Waals surface area (Å²) in [5.41, 5.74) is 13.6. The van der Waals surface area contributed by atoms with Crippen molar-refractivity contribution < 1.29 is 0 Å². The van der Waals surface area contributed by atoms with Crippen LogP contribution >= 0.6 is 0 Å². The van der Waals surface area contributed by atoms with Gasteiger partial charge >= 0.3 is 0 Å². The minimum atomic E-state index is -0.237. The molecule has 8 aromatic carbocycles. The zero-order chi connectivity index (χ0) is 35.3. The lowest BCUT2D eigenvalue weighted by atomic mass is 9.73. The van der Waals surface area contributed by atoms with Crippen molar-refractivity contribution in [3.05, 3.63) is 181 Å². The third-order valence-corrected chi connectivity index (χ3v) is 11.4. The molecule has 0 atom stereocenters. The molecule has 0 fully saturated rings. The molecule has 0 aliphatic carbocycles. The van der Waals surface area contributed by atoms with E-state index >= 15 is 0 Å². The Balaban J connectivity index is 1.14. The normalized spacial score (nSPS) is 13.6. The zero-order valence-corrected chi connectivity index (χ0v) is 29.5. The van der Waals surface area contributed by atoms with Crippen molar-refractivity contribution >= 4 is 71.4 Å². The highest BCUT2D eigenvalue weighted by molar-refractivity contribution is 6.24. The van der Waals surface area contributed by atoms with Gasteiger partial charge in [0.15, 0.2) is 0 Å². The van der Waals surface area contributed by atoms with Crippen molar-refractivity contribution in [1.82, 2.24) is 14.5 Å². The fourth-order valence-corrected chi connectivity index (χ4v) is 8.93. The molecular formula is C49H34N4. The summed E-state index contributed by atoms with van der Waals surface area (Å²) in [5.74, 6) is 0. The van der Waals surface area contributed by atoms with Crippen LogP contribution in [0.4, 0.5) is 17.1 Å². The molecule has 0 saturated carbocycles. The van der Waals surface area contributed by atoms with Crippen LogP contribution in [0.2, 0.25) is 0 Å². The van der Waals surface area contributed by atoms with Crippen LogP contribution in [0.25, 0.3) is 71.2 Å². The Kier molecular flexibility index (Phi) is 6.27. The Morgan fingerprint density at radius 2 is 1.00 bits per heavy atom. The largest absolute Gasteiger partial charge is 0.310 e. The molecule has 0 bridgehead atoms. The Bertz CT molecular complexity index is 3030. The van der Waals surface area contributed by atoms with Crippen LogP contribution in [-0.2, 0) is 5.41 Å². The van der Waals surface area contributed by atoms with E-state index < -0.39 is 0 Å². The van der Waals surface area contributed by atoms with Gasteiger partial charge in [-0.1, -0.05) is 117 Å². The first-order valence-corrected chi connectivity index (χ1v) is 18.2. The highest BCUT2D eigenvalue weighted by Gasteiger charge is 2.37. The van der Waals surface area contributed by atoms with E-state index in [1.54, 1.807) is 6.20 Å². The number of hydrogen-bond donors (Lipinski definition) is 0. The molecule has 2 aromatic heterocycles. The zero-order valence-electron chi connectivity index (χ0n) is 29.5. The fourth-order valence-electron chi connectivity index (χ4n) is 8.93. The lowest BCUT2D eigenvalue weighted by Crippen LogP contribution is -2.30. The van der Waals surface area contributed by atoms with Gasteiger partial charge in [0.2, 0.25) is 0 Å². The van der Waals surface area contributed by atoms with Gasteiger partial charge in [-0.2, -0.15) is 0 Å². The van der Waals surface area contributed by atoms with E-state index in [4.69, 9.17) is 9.97 Å². The summed E-state index contributed by atoms with van der Waals surface area (Å²) in [6, 6.07) is 57.5. The second-order valence-corrected chi connectivity index (χ2v) is 14.7. The third kappa shape index (κ3) is 4.30. The number of nitrogens with zero attached hydrogens (tertiary/aromatic N) is 4. The molecule has 0 spiro atoms. The van der Waals surface area contributed by atoms with Crippen molar-refractivity contribution in [2.45, 2.75) is 19.3 Å². The van der Waals surface area contributed by atoms with Crippen molar-refractivity contribution in [1.29, 1.82) is 0 Å². The van der Waals surface area contributed by atoms with Gasteiger partial charge < -0.3 is 9.47 Å². The Morgan fingerprint density at radius 1 is 0.415 bits per heavy atom. The molecular weight excluding hydrogens is 645 g/mol. The third-order valence-electron chi connectivity index (χ3n) is 11.4. The molecule has 1 aliphatic rings. The topological polar surface area (TPSA) is 34.0 Å². The van der Waals surface area contributed by atoms with Gasteiger partial charge in [-0.05, 0) is 87.6 Å². The van der Waals surface area contributed by atoms with Crippen LogP contribution in [0.15, 0.2) is 170 Å². The van der Waals surface area contributed by atoms with E-state index in [0.29, 0.717) is 0 Å². The predicted molar refractivity (Wildman–Crippen MR) is 221 cm³/mol. The Labute approximate surface area is 307 Å². The predicted octanol–water partition coefficient (Wildman–Crippen LogP) is 12.8. The second-order valence-electron chi connectivity index (χ2n) is 14.7. The van der Waals surface area contributed by atoms with Crippen molar-refractivity contribution in [2.24, 2.45) is 0 Å². The molecule has 0 amide bonds. The van der Waals surface area contributed by atoms with Gasteiger partial charge in [0.05, 0.1) is 33.4 Å². The summed E-state index contributed by atoms with van der Waals surface area (Å²) in [6.07, 6.45) is 3.62. The quantitative estimate of drug-likeness (QED) is 0.174. The van der Waals surface area contributed by atoms with Gasteiger partial charge in [0.25, 0.3) is 0 Å². The SMILES string of the molecule is CC1(C)c2ccccc2N(c2ccc3c4ccc(-c5ccccc5)cc4c4nccnc4c3c2)c2ccc(-n3c4ccccc4c4ccccc43)cc21. The standard InChI is InChI=1S/C49H34N4/c1-49(2)41-16-8-11-19-45(41)53(46-25-22-34(30-42(46)49)52-43-17-9-6-14-37(43)38-15-7-10-18-44(38)52)33-21-24-36-35-23-20-32(31-12-4-3-5-13-31)28-39(35)47-48(40(36)29-33)51-27-26-50-47/h3-30H,1-2H3. The Hall–Kier alpha value is -6.78. The van der Waals surface area contributed by atoms with Crippen LogP contribution in [-0.4, -0.2) is 14.5 Å². The van der Waals surface area contributed by atoms with E-state index in [1.807, 2.05) is 6.20 Å². The molecule has 0 unspecified atom stereocenters. The monoisotopic (exact) mass is 678 g/mol. The highest BCUT2D eigenvalue weighted by Crippen LogP contribution is 2.53. The van der Waals surface area contributed by atoms with Gasteiger partial charge in [-0.25, -0.2) is 0 Å². The average molecular weight is 679 g/mol. The van der Waals surface area contributed by atoms with E-state index in [1.165, 1.54) is 66.2 Å². The van der Waals surface area contributed by atoms with Crippen LogP contribution in [0, 0.1) is 0 Å². The number of fused-ring (bicyclic) bond motifs is 11. The number of benzene rings is 8. The molecule has 4 nitrogen and oxygen atoms in total. The van der Waals surface area contributed by atoms with Gasteiger partial charge in [0.1, 0.15) is 0 Å². The van der Waals surface area contributed by atoms with E-state index in [0.717, 1.165) is 33.2 Å². The summed E-state index contributed by atoms with van der Waals surface area (Å²) in [5, 5.41) is 7.09. The van der Waals surface area contributed by atoms with E-state index in [-0.39, 0.29) is 5.41 Å². The van der Waals surface area contributed by atoms with Gasteiger partial charge in [-0.15, -0.1) is 0 Å². The molecule has 3 heterocycles. The number of rotatable bonds is 3. The number of anilines is 3. The van der Waals surface area contributed by atoms with E-state index in [2.05, 4.69) is 181 Å². The van der Waals surface area contributed by atoms with Crippen LogP contribution in [0.5, 0.6) is 0 Å². The molecule has 11 rings (SSSR count). The van der Waals surface area contributed by atoms with Crippen LogP contribution in [0.1, 0.15) is 25.0 Å². The van der Waals surface area contributed by atoms with Gasteiger partial charge in [-0.3, -0.25) is 9.97 Å². The summed E-state index contributed by atoms with van der Waals surface area (Å²) in [7, 11) is 0. The molecule has 0 saturated heterocycles. The van der Waals surface area contributed by atoms with E-state index in [9.17, 15) is 0 Å². The van der Waals surface area contributed by atoms with Gasteiger partial charge in [0, 0.05) is 50.7 Å². The lowest BCUT2D eigenvalue weighted by molar-refractivity contribution is 0.631. The highest BCUT2D eigenvalue weighted by atomic mass is 15.2. The number of hydrogen-bond acceptors (Lipinski definition) is 3. The van der Waals surface area contributed by atoms with Crippen molar-refractivity contribution in [2.75, 3.05) is 4.90 Å². The molecule has 4 heteroatoms. The molecule has 10 aromatic rings. The first-order valence-electron chi connectivity index (χ1n) is 18.2. The molecule has 53 heavy (non-hydrogen) atoms. The van der Waals surface area contributed by atoms with Crippen LogP contribution in [0.3, 0.4) is 0 Å². The fraction of sp³-hybridized carbons (Fsp3) is 0.0612. The average Bonchev–Trinajstić information content (AvgIpc) is 3.55. The van der Waals surface area contributed by atoms with Crippen molar-refractivity contribution in [3.8, 4) is 16.8 Å². The molecule has 0 radical (unpaired) electrons. The molecule has 250 valence electrons. The second kappa shape index (κ2) is 11.1. The Morgan fingerprint density at radius 3 is 1.74 bits per heavy atom. The summed E-state index contributed by atoms with van der Waals surface area (Å²) in [6.45, 7) is 4.72. The number of para-hydroxylation sites is 3. The molecule has 0 N–H and O–H groups in total.